The molecule has 0 aliphatic carbocycles. The van der Waals surface area contributed by atoms with Crippen LogP contribution >= 0.6 is 0 Å². The number of pyridine rings is 1. The first kappa shape index (κ1) is 24.3. The Labute approximate surface area is 205 Å². The van der Waals surface area contributed by atoms with Crippen LogP contribution in [-0.4, -0.2) is 28.8 Å². The first-order valence-corrected chi connectivity index (χ1v) is 12.6. The second kappa shape index (κ2) is 10.7. The van der Waals surface area contributed by atoms with Gasteiger partial charge in [0.15, 0.2) is 5.78 Å². The van der Waals surface area contributed by atoms with E-state index >= 15 is 0 Å². The van der Waals surface area contributed by atoms with Crippen LogP contribution in [0.1, 0.15) is 67.6 Å². The normalized spacial score (nSPS) is 19.0. The Kier molecular flexibility index (Phi) is 7.63. The van der Waals surface area contributed by atoms with E-state index in [4.69, 9.17) is 0 Å². The lowest BCUT2D eigenvalue weighted by molar-refractivity contribution is -0.120. The molecule has 0 spiro atoms. The molecule has 0 amide bonds. The van der Waals surface area contributed by atoms with Gasteiger partial charge in [0.05, 0.1) is 6.54 Å². The van der Waals surface area contributed by atoms with Crippen molar-refractivity contribution in [3.05, 3.63) is 101 Å². The van der Waals surface area contributed by atoms with Gasteiger partial charge in [-0.1, -0.05) is 80.9 Å². The number of hydrogen-bond acceptors (Lipinski definition) is 3. The first-order chi connectivity index (χ1) is 16.3. The summed E-state index contributed by atoms with van der Waals surface area (Å²) in [4.78, 5) is 20.1. The number of ketones is 1. The second-order valence-electron chi connectivity index (χ2n) is 10.8. The number of rotatable bonds is 8. The molecule has 3 aromatic rings. The van der Waals surface area contributed by atoms with Gasteiger partial charge in [-0.3, -0.25) is 14.7 Å². The van der Waals surface area contributed by atoms with Gasteiger partial charge >= 0.3 is 0 Å². The second-order valence-corrected chi connectivity index (χ2v) is 10.8. The van der Waals surface area contributed by atoms with E-state index in [0.717, 1.165) is 37.9 Å². The third-order valence-corrected chi connectivity index (χ3v) is 7.13. The number of aryl methyl sites for hydroxylation is 3. The highest BCUT2D eigenvalue weighted by Gasteiger charge is 2.40. The fraction of sp³-hybridized carbons (Fsp3) is 0.419. The van der Waals surface area contributed by atoms with Gasteiger partial charge in [0, 0.05) is 23.9 Å². The third kappa shape index (κ3) is 6.01. The molecule has 2 aromatic carbocycles. The lowest BCUT2D eigenvalue weighted by Gasteiger charge is -2.29. The maximum Gasteiger partial charge on any atom is 0.151 e. The number of Topliss-reactive ketones (excluding diaryl/α,β-unsaturated/α-hetero) is 1. The van der Waals surface area contributed by atoms with Crippen LogP contribution in [0.15, 0.2) is 72.9 Å². The highest BCUT2D eigenvalue weighted by molar-refractivity contribution is 5.86. The maximum absolute atomic E-state index is 13.2. The average molecular weight is 455 g/mol. The van der Waals surface area contributed by atoms with Gasteiger partial charge in [-0.2, -0.15) is 0 Å². The predicted octanol–water partition coefficient (Wildman–Crippen LogP) is 6.50. The summed E-state index contributed by atoms with van der Waals surface area (Å²) in [6, 6.07) is 24.0. The van der Waals surface area contributed by atoms with Gasteiger partial charge in [-0.25, -0.2) is 0 Å². The van der Waals surface area contributed by atoms with E-state index in [1.807, 2.05) is 18.3 Å². The molecule has 3 heteroatoms. The van der Waals surface area contributed by atoms with Crippen LogP contribution < -0.4 is 0 Å². The van der Waals surface area contributed by atoms with Crippen LogP contribution in [0.5, 0.6) is 0 Å². The molecule has 178 valence electrons. The molecule has 1 saturated heterocycles. The van der Waals surface area contributed by atoms with Crippen LogP contribution in [0.2, 0.25) is 0 Å². The number of nitrogens with zero attached hydrogens (tertiary/aromatic N) is 2. The van der Waals surface area contributed by atoms with Crippen molar-refractivity contribution in [3.63, 3.8) is 0 Å². The summed E-state index contributed by atoms with van der Waals surface area (Å²) in [5.74, 6) is 0.423. The van der Waals surface area contributed by atoms with Gasteiger partial charge in [0.2, 0.25) is 0 Å². The fourth-order valence-corrected chi connectivity index (χ4v) is 5.09. The molecule has 34 heavy (non-hydrogen) atoms. The van der Waals surface area contributed by atoms with Crippen LogP contribution in [0.4, 0.5) is 0 Å². The number of likely N-dealkylation sites (tertiary alicyclic amines) is 1. The Morgan fingerprint density at radius 3 is 2.32 bits per heavy atom. The average Bonchev–Trinajstić information content (AvgIpc) is 3.14. The summed E-state index contributed by atoms with van der Waals surface area (Å²) in [5, 5.41) is 0. The van der Waals surface area contributed by atoms with E-state index in [0.29, 0.717) is 12.3 Å². The highest BCUT2D eigenvalue weighted by atomic mass is 16.1. The van der Waals surface area contributed by atoms with E-state index in [-0.39, 0.29) is 17.4 Å². The molecular formula is C31H38N2O. The Bertz CT molecular complexity index is 1070. The summed E-state index contributed by atoms with van der Waals surface area (Å²) < 4.78 is 0. The van der Waals surface area contributed by atoms with Gasteiger partial charge in [-0.05, 0) is 73.4 Å². The standard InChI is InChI=1S/C31H38N2O/c1-23-10-12-24(13-11-23)14-19-28-29(34)22-33(21-7-9-27-8-5-6-20-32-27)30(28)25-15-17-26(18-16-25)31(2,3)4/h5-6,8,10-13,15-18,20,28,30H,7,9,14,19,21-22H2,1-4H3. The molecular weight excluding hydrogens is 416 g/mol. The first-order valence-electron chi connectivity index (χ1n) is 12.6. The molecule has 2 heterocycles. The molecule has 0 saturated carbocycles. The zero-order chi connectivity index (χ0) is 24.1. The van der Waals surface area contributed by atoms with Gasteiger partial charge < -0.3 is 0 Å². The molecule has 1 aromatic heterocycles. The summed E-state index contributed by atoms with van der Waals surface area (Å²) in [6.07, 6.45) is 5.63. The Balaban J connectivity index is 1.52. The summed E-state index contributed by atoms with van der Waals surface area (Å²) in [5.41, 5.74) is 6.43. The summed E-state index contributed by atoms with van der Waals surface area (Å²) in [6.45, 7) is 10.3. The van der Waals surface area contributed by atoms with E-state index < -0.39 is 0 Å². The maximum atomic E-state index is 13.2. The Hall–Kier alpha value is -2.78. The van der Waals surface area contributed by atoms with Crippen molar-refractivity contribution in [1.29, 1.82) is 0 Å². The summed E-state index contributed by atoms with van der Waals surface area (Å²) in [7, 11) is 0. The zero-order valence-electron chi connectivity index (χ0n) is 21.1. The number of aromatic nitrogens is 1. The van der Waals surface area contributed by atoms with Crippen molar-refractivity contribution in [1.82, 2.24) is 9.88 Å². The minimum atomic E-state index is 0.0386. The third-order valence-electron chi connectivity index (χ3n) is 7.13. The van der Waals surface area contributed by atoms with E-state index in [1.165, 1.54) is 22.3 Å². The molecule has 2 unspecified atom stereocenters. The summed E-state index contributed by atoms with van der Waals surface area (Å²) >= 11 is 0. The Morgan fingerprint density at radius 1 is 0.941 bits per heavy atom. The molecule has 1 fully saturated rings. The molecule has 0 N–H and O–H groups in total. The van der Waals surface area contributed by atoms with E-state index in [9.17, 15) is 4.79 Å². The largest absolute Gasteiger partial charge is 0.298 e. The zero-order valence-corrected chi connectivity index (χ0v) is 21.1. The minimum Gasteiger partial charge on any atom is -0.298 e. The van der Waals surface area contributed by atoms with Gasteiger partial charge in [0.1, 0.15) is 0 Å². The number of hydrogen-bond donors (Lipinski definition) is 0. The highest BCUT2D eigenvalue weighted by Crippen LogP contribution is 2.39. The molecule has 3 nitrogen and oxygen atoms in total. The van der Waals surface area contributed by atoms with Gasteiger partial charge in [-0.15, -0.1) is 0 Å². The van der Waals surface area contributed by atoms with Crippen molar-refractivity contribution in [2.75, 3.05) is 13.1 Å². The Morgan fingerprint density at radius 2 is 1.68 bits per heavy atom. The van der Waals surface area contributed by atoms with Crippen molar-refractivity contribution in [2.24, 2.45) is 5.92 Å². The lowest BCUT2D eigenvalue weighted by atomic mass is 9.84. The van der Waals surface area contributed by atoms with Crippen LogP contribution in [0.25, 0.3) is 0 Å². The van der Waals surface area contributed by atoms with Crippen molar-refractivity contribution in [2.45, 2.75) is 64.8 Å². The fourth-order valence-electron chi connectivity index (χ4n) is 5.09. The number of carbonyl (C=O) groups excluding carboxylic acids is 1. The van der Waals surface area contributed by atoms with Crippen molar-refractivity contribution in [3.8, 4) is 0 Å². The molecule has 2 atom stereocenters. The van der Waals surface area contributed by atoms with Crippen molar-refractivity contribution >= 4 is 5.78 Å². The van der Waals surface area contributed by atoms with Gasteiger partial charge in [0.25, 0.3) is 0 Å². The molecule has 4 rings (SSSR count). The van der Waals surface area contributed by atoms with Crippen LogP contribution in [0, 0.1) is 12.8 Å². The molecule has 1 aliphatic rings. The van der Waals surface area contributed by atoms with E-state index in [1.54, 1.807) is 0 Å². The smallest absolute Gasteiger partial charge is 0.151 e. The quantitative estimate of drug-likeness (QED) is 0.390. The topological polar surface area (TPSA) is 33.2 Å². The molecule has 0 bridgehead atoms. The van der Waals surface area contributed by atoms with Crippen LogP contribution in [0.3, 0.4) is 0 Å². The SMILES string of the molecule is Cc1ccc(CCC2C(=O)CN(CCCc3ccccn3)C2c2ccc(C(C)(C)C)cc2)cc1. The molecule has 0 radical (unpaired) electrons. The predicted molar refractivity (Wildman–Crippen MR) is 140 cm³/mol. The number of benzene rings is 2. The van der Waals surface area contributed by atoms with E-state index in [2.05, 4.69) is 92.2 Å². The lowest BCUT2D eigenvalue weighted by Crippen LogP contribution is -2.27. The number of carbonyl (C=O) groups is 1. The molecule has 1 aliphatic heterocycles. The van der Waals surface area contributed by atoms with Crippen molar-refractivity contribution < 1.29 is 4.79 Å². The minimum absolute atomic E-state index is 0.0386. The van der Waals surface area contributed by atoms with Crippen LogP contribution in [-0.2, 0) is 23.1 Å². The monoisotopic (exact) mass is 454 g/mol.